The lowest BCUT2D eigenvalue weighted by Gasteiger charge is -2.16. The number of anilines is 2. The SMILES string of the molecule is CCc1ccc(N2C(=O)C[C@H](Nc3cccc(F)c3)C2=O)cc1. The molecule has 1 atom stereocenters. The molecule has 4 nitrogen and oxygen atoms in total. The van der Waals surface area contributed by atoms with Crippen LogP contribution in [0.3, 0.4) is 0 Å². The van der Waals surface area contributed by atoms with Crippen LogP contribution in [-0.4, -0.2) is 17.9 Å². The van der Waals surface area contributed by atoms with E-state index in [1.807, 2.05) is 19.1 Å². The van der Waals surface area contributed by atoms with Gasteiger partial charge in [0.25, 0.3) is 5.91 Å². The number of benzene rings is 2. The number of nitrogens with zero attached hydrogens (tertiary/aromatic N) is 1. The van der Waals surface area contributed by atoms with E-state index in [0.29, 0.717) is 11.4 Å². The molecule has 0 bridgehead atoms. The number of nitrogens with one attached hydrogen (secondary N) is 1. The van der Waals surface area contributed by atoms with Gasteiger partial charge in [-0.1, -0.05) is 25.1 Å². The van der Waals surface area contributed by atoms with Crippen LogP contribution in [-0.2, 0) is 16.0 Å². The Labute approximate surface area is 133 Å². The summed E-state index contributed by atoms with van der Waals surface area (Å²) < 4.78 is 13.2. The summed E-state index contributed by atoms with van der Waals surface area (Å²) in [6, 6.07) is 12.5. The highest BCUT2D eigenvalue weighted by molar-refractivity contribution is 6.23. The van der Waals surface area contributed by atoms with Gasteiger partial charge in [-0.05, 0) is 42.3 Å². The second kappa shape index (κ2) is 6.20. The molecule has 0 radical (unpaired) electrons. The van der Waals surface area contributed by atoms with E-state index in [1.165, 1.54) is 17.0 Å². The van der Waals surface area contributed by atoms with Crippen molar-refractivity contribution in [2.24, 2.45) is 0 Å². The van der Waals surface area contributed by atoms with Crippen molar-refractivity contribution in [3.63, 3.8) is 0 Å². The molecule has 1 saturated heterocycles. The first-order valence-corrected chi connectivity index (χ1v) is 7.56. The predicted molar refractivity (Wildman–Crippen MR) is 86.7 cm³/mol. The fraction of sp³-hybridized carbons (Fsp3) is 0.222. The molecule has 1 aliphatic heterocycles. The van der Waals surface area contributed by atoms with E-state index < -0.39 is 11.9 Å². The molecule has 1 fully saturated rings. The summed E-state index contributed by atoms with van der Waals surface area (Å²) in [5.74, 6) is -0.963. The molecule has 118 valence electrons. The molecule has 1 aliphatic rings. The van der Waals surface area contributed by atoms with Crippen LogP contribution in [0.5, 0.6) is 0 Å². The Bertz CT molecular complexity index is 743. The highest BCUT2D eigenvalue weighted by Crippen LogP contribution is 2.25. The van der Waals surface area contributed by atoms with Gasteiger partial charge in [-0.2, -0.15) is 0 Å². The Morgan fingerprint density at radius 1 is 1.17 bits per heavy atom. The van der Waals surface area contributed by atoms with Crippen LogP contribution >= 0.6 is 0 Å². The molecule has 0 saturated carbocycles. The van der Waals surface area contributed by atoms with Crippen molar-refractivity contribution in [3.8, 4) is 0 Å². The average Bonchev–Trinajstić information content (AvgIpc) is 2.81. The molecule has 2 aromatic carbocycles. The Hall–Kier alpha value is -2.69. The standard InChI is InChI=1S/C18H17FN2O2/c1-2-12-6-8-15(9-7-12)21-17(22)11-16(18(21)23)20-14-5-3-4-13(19)10-14/h3-10,16,20H,2,11H2,1H3/t16-/m0/s1. The van der Waals surface area contributed by atoms with Crippen LogP contribution in [0.25, 0.3) is 0 Å². The van der Waals surface area contributed by atoms with E-state index in [1.54, 1.807) is 24.3 Å². The molecule has 23 heavy (non-hydrogen) atoms. The van der Waals surface area contributed by atoms with Crippen LogP contribution in [0.4, 0.5) is 15.8 Å². The lowest BCUT2D eigenvalue weighted by Crippen LogP contribution is -2.34. The Morgan fingerprint density at radius 2 is 1.91 bits per heavy atom. The fourth-order valence-electron chi connectivity index (χ4n) is 2.68. The third kappa shape index (κ3) is 3.08. The van der Waals surface area contributed by atoms with Gasteiger partial charge in [-0.25, -0.2) is 9.29 Å². The summed E-state index contributed by atoms with van der Waals surface area (Å²) in [7, 11) is 0. The number of amides is 2. The topological polar surface area (TPSA) is 49.4 Å². The zero-order valence-electron chi connectivity index (χ0n) is 12.8. The van der Waals surface area contributed by atoms with Crippen molar-refractivity contribution in [2.75, 3.05) is 10.2 Å². The zero-order chi connectivity index (χ0) is 16.4. The lowest BCUT2D eigenvalue weighted by atomic mass is 10.1. The van der Waals surface area contributed by atoms with Crippen molar-refractivity contribution in [2.45, 2.75) is 25.8 Å². The summed E-state index contributed by atoms with van der Waals surface area (Å²) in [4.78, 5) is 25.9. The number of aryl methyl sites for hydroxylation is 1. The molecule has 0 aliphatic carbocycles. The minimum absolute atomic E-state index is 0.0604. The number of rotatable bonds is 4. The third-order valence-electron chi connectivity index (χ3n) is 3.91. The molecule has 0 spiro atoms. The summed E-state index contributed by atoms with van der Waals surface area (Å²) >= 11 is 0. The molecule has 5 heteroatoms. The number of hydrogen-bond acceptors (Lipinski definition) is 3. The van der Waals surface area contributed by atoms with E-state index in [-0.39, 0.29) is 18.2 Å². The normalized spacial score (nSPS) is 17.7. The van der Waals surface area contributed by atoms with E-state index in [4.69, 9.17) is 0 Å². The molecular formula is C18H17FN2O2. The van der Waals surface area contributed by atoms with Crippen LogP contribution < -0.4 is 10.2 Å². The van der Waals surface area contributed by atoms with Crippen LogP contribution in [0.2, 0.25) is 0 Å². The fourth-order valence-corrected chi connectivity index (χ4v) is 2.68. The molecule has 0 aromatic heterocycles. The van der Waals surface area contributed by atoms with E-state index in [0.717, 1.165) is 12.0 Å². The molecular weight excluding hydrogens is 295 g/mol. The van der Waals surface area contributed by atoms with Crippen molar-refractivity contribution >= 4 is 23.2 Å². The summed E-state index contributed by atoms with van der Waals surface area (Å²) in [5, 5.41) is 2.93. The summed E-state index contributed by atoms with van der Waals surface area (Å²) in [5.41, 5.74) is 2.20. The van der Waals surface area contributed by atoms with Gasteiger partial charge in [0.1, 0.15) is 11.9 Å². The molecule has 1 N–H and O–H groups in total. The molecule has 2 aromatic rings. The quantitative estimate of drug-likeness (QED) is 0.882. The predicted octanol–water partition coefficient (Wildman–Crippen LogP) is 3.13. The molecule has 3 rings (SSSR count). The summed E-state index contributed by atoms with van der Waals surface area (Å²) in [6.45, 7) is 2.04. The number of imide groups is 1. The maximum Gasteiger partial charge on any atom is 0.256 e. The second-order valence-corrected chi connectivity index (χ2v) is 5.50. The van der Waals surface area contributed by atoms with Crippen LogP contribution in [0.1, 0.15) is 18.9 Å². The number of hydrogen-bond donors (Lipinski definition) is 1. The van der Waals surface area contributed by atoms with Crippen LogP contribution in [0.15, 0.2) is 48.5 Å². The van der Waals surface area contributed by atoms with Crippen molar-refractivity contribution in [1.82, 2.24) is 0 Å². The van der Waals surface area contributed by atoms with E-state index >= 15 is 0 Å². The number of carbonyl (C=O) groups is 2. The smallest absolute Gasteiger partial charge is 0.256 e. The highest BCUT2D eigenvalue weighted by atomic mass is 19.1. The highest BCUT2D eigenvalue weighted by Gasteiger charge is 2.39. The van der Waals surface area contributed by atoms with Crippen molar-refractivity contribution in [3.05, 3.63) is 59.9 Å². The largest absolute Gasteiger partial charge is 0.373 e. The van der Waals surface area contributed by atoms with Gasteiger partial charge in [-0.15, -0.1) is 0 Å². The third-order valence-corrected chi connectivity index (χ3v) is 3.91. The minimum Gasteiger partial charge on any atom is -0.373 e. The van der Waals surface area contributed by atoms with Crippen LogP contribution in [0, 0.1) is 5.82 Å². The number of carbonyl (C=O) groups excluding carboxylic acids is 2. The number of halogens is 1. The summed E-state index contributed by atoms with van der Waals surface area (Å²) in [6.07, 6.45) is 0.955. The van der Waals surface area contributed by atoms with Gasteiger partial charge >= 0.3 is 0 Å². The van der Waals surface area contributed by atoms with Crippen molar-refractivity contribution in [1.29, 1.82) is 0 Å². The van der Waals surface area contributed by atoms with E-state index in [2.05, 4.69) is 5.32 Å². The minimum atomic E-state index is -0.671. The Kier molecular flexibility index (Phi) is 4.10. The van der Waals surface area contributed by atoms with E-state index in [9.17, 15) is 14.0 Å². The van der Waals surface area contributed by atoms with Gasteiger partial charge < -0.3 is 5.32 Å². The Balaban J connectivity index is 1.79. The lowest BCUT2D eigenvalue weighted by molar-refractivity contribution is -0.121. The van der Waals surface area contributed by atoms with Gasteiger partial charge in [-0.3, -0.25) is 9.59 Å². The maximum atomic E-state index is 13.2. The monoisotopic (exact) mass is 312 g/mol. The van der Waals surface area contributed by atoms with Gasteiger partial charge in [0, 0.05) is 5.69 Å². The Morgan fingerprint density at radius 3 is 2.57 bits per heavy atom. The zero-order valence-corrected chi connectivity index (χ0v) is 12.8. The first kappa shape index (κ1) is 15.2. The molecule has 0 unspecified atom stereocenters. The van der Waals surface area contributed by atoms with Gasteiger partial charge in [0.15, 0.2) is 0 Å². The van der Waals surface area contributed by atoms with Gasteiger partial charge in [0.2, 0.25) is 5.91 Å². The maximum absolute atomic E-state index is 13.2. The van der Waals surface area contributed by atoms with Crippen molar-refractivity contribution < 1.29 is 14.0 Å². The average molecular weight is 312 g/mol. The molecule has 1 heterocycles. The molecule has 2 amide bonds. The van der Waals surface area contributed by atoms with Gasteiger partial charge in [0.05, 0.1) is 12.1 Å². The second-order valence-electron chi connectivity index (χ2n) is 5.50. The first-order chi connectivity index (χ1) is 11.1. The first-order valence-electron chi connectivity index (χ1n) is 7.56.